The summed E-state index contributed by atoms with van der Waals surface area (Å²) in [7, 11) is 1.53. The molecule has 1 aliphatic rings. The molecular formula is C18H20N4O3. The number of benzene rings is 1. The van der Waals surface area contributed by atoms with E-state index >= 15 is 0 Å². The minimum absolute atomic E-state index is 0.163. The molecule has 0 bridgehead atoms. The Hall–Kier alpha value is -2.96. The van der Waals surface area contributed by atoms with E-state index in [1.165, 1.54) is 19.2 Å². The van der Waals surface area contributed by atoms with Gasteiger partial charge in [-0.1, -0.05) is 12.1 Å². The molecule has 2 heterocycles. The van der Waals surface area contributed by atoms with Gasteiger partial charge >= 0.3 is 0 Å². The van der Waals surface area contributed by atoms with Gasteiger partial charge in [0.25, 0.3) is 11.5 Å². The van der Waals surface area contributed by atoms with Crippen LogP contribution in [0.5, 0.6) is 0 Å². The number of hydrogen-bond acceptors (Lipinski definition) is 4. The topological polar surface area (TPSA) is 98.3 Å². The molecule has 1 aromatic heterocycles. The van der Waals surface area contributed by atoms with Crippen molar-refractivity contribution in [3.63, 3.8) is 0 Å². The summed E-state index contributed by atoms with van der Waals surface area (Å²) in [6.45, 7) is 1.29. The number of aromatic nitrogens is 2. The molecule has 1 aromatic carbocycles. The van der Waals surface area contributed by atoms with E-state index < -0.39 is 5.91 Å². The summed E-state index contributed by atoms with van der Waals surface area (Å²) in [5.41, 5.74) is 6.88. The van der Waals surface area contributed by atoms with Gasteiger partial charge in [0.15, 0.2) is 0 Å². The van der Waals surface area contributed by atoms with Gasteiger partial charge < -0.3 is 10.6 Å². The van der Waals surface area contributed by atoms with E-state index in [2.05, 4.69) is 5.10 Å². The molecular weight excluding hydrogens is 320 g/mol. The molecule has 0 unspecified atom stereocenters. The Morgan fingerprint density at radius 2 is 2.08 bits per heavy atom. The summed E-state index contributed by atoms with van der Waals surface area (Å²) in [5.74, 6) is -0.283. The second-order valence-electron chi connectivity index (χ2n) is 6.36. The Morgan fingerprint density at radius 1 is 1.28 bits per heavy atom. The minimum atomic E-state index is -0.439. The van der Waals surface area contributed by atoms with Crippen molar-refractivity contribution in [1.29, 1.82) is 0 Å². The monoisotopic (exact) mass is 340 g/mol. The van der Waals surface area contributed by atoms with Gasteiger partial charge in [-0.3, -0.25) is 14.4 Å². The molecule has 25 heavy (non-hydrogen) atoms. The quantitative estimate of drug-likeness (QED) is 0.880. The summed E-state index contributed by atoms with van der Waals surface area (Å²) in [5, 5.41) is 4.02. The standard InChI is InChI=1S/C18H20N4O3/c1-21-16(23)6-5-15(20-21)18(25)22-8-7-13(11-22)9-12-3-2-4-14(10-12)17(19)24/h2-6,10,13H,7-9,11H2,1H3,(H2,19,24)/t13-/m1/s1. The lowest BCUT2D eigenvalue weighted by Gasteiger charge is -2.16. The first-order chi connectivity index (χ1) is 11.9. The molecule has 2 N–H and O–H groups in total. The second-order valence-corrected chi connectivity index (χ2v) is 6.36. The summed E-state index contributed by atoms with van der Waals surface area (Å²) in [4.78, 5) is 37.0. The third-order valence-electron chi connectivity index (χ3n) is 4.49. The van der Waals surface area contributed by atoms with E-state index in [1.807, 2.05) is 12.1 Å². The van der Waals surface area contributed by atoms with E-state index in [9.17, 15) is 14.4 Å². The highest BCUT2D eigenvalue weighted by Crippen LogP contribution is 2.22. The average Bonchev–Trinajstić information content (AvgIpc) is 3.05. The molecule has 7 heteroatoms. The number of amides is 2. The maximum absolute atomic E-state index is 12.5. The van der Waals surface area contributed by atoms with Crippen LogP contribution in [-0.2, 0) is 13.5 Å². The SMILES string of the molecule is Cn1nc(C(=O)N2CC[C@H](Cc3cccc(C(N)=O)c3)C2)ccc1=O. The van der Waals surface area contributed by atoms with Crippen LogP contribution in [-0.4, -0.2) is 39.6 Å². The normalized spacial score (nSPS) is 16.8. The van der Waals surface area contributed by atoms with Crippen LogP contribution >= 0.6 is 0 Å². The van der Waals surface area contributed by atoms with Gasteiger partial charge in [-0.2, -0.15) is 5.10 Å². The zero-order valence-corrected chi connectivity index (χ0v) is 14.0. The van der Waals surface area contributed by atoms with Crippen molar-refractivity contribution in [3.8, 4) is 0 Å². The van der Waals surface area contributed by atoms with Crippen molar-refractivity contribution in [2.75, 3.05) is 13.1 Å². The lowest BCUT2D eigenvalue weighted by molar-refractivity contribution is 0.0778. The molecule has 0 radical (unpaired) electrons. The first-order valence-corrected chi connectivity index (χ1v) is 8.16. The smallest absolute Gasteiger partial charge is 0.274 e. The van der Waals surface area contributed by atoms with Crippen LogP contribution in [0.3, 0.4) is 0 Å². The lowest BCUT2D eigenvalue weighted by atomic mass is 9.97. The number of rotatable bonds is 4. The fourth-order valence-corrected chi connectivity index (χ4v) is 3.15. The van der Waals surface area contributed by atoms with Gasteiger partial charge in [0.1, 0.15) is 5.69 Å². The van der Waals surface area contributed by atoms with E-state index in [4.69, 9.17) is 5.73 Å². The van der Waals surface area contributed by atoms with E-state index in [0.717, 1.165) is 23.1 Å². The number of primary amides is 1. The summed E-state index contributed by atoms with van der Waals surface area (Å²) in [6.07, 6.45) is 1.67. The molecule has 130 valence electrons. The summed E-state index contributed by atoms with van der Waals surface area (Å²) in [6, 6.07) is 10.1. The molecule has 7 nitrogen and oxygen atoms in total. The van der Waals surface area contributed by atoms with Gasteiger partial charge in [0, 0.05) is 31.8 Å². The first kappa shape index (κ1) is 16.9. The largest absolute Gasteiger partial charge is 0.366 e. The fourth-order valence-electron chi connectivity index (χ4n) is 3.15. The predicted octanol–water partition coefficient (Wildman–Crippen LogP) is 0.584. The Balaban J connectivity index is 1.66. The van der Waals surface area contributed by atoms with Crippen molar-refractivity contribution < 1.29 is 9.59 Å². The number of carbonyl (C=O) groups excluding carboxylic acids is 2. The molecule has 3 rings (SSSR count). The number of nitrogens with zero attached hydrogens (tertiary/aromatic N) is 3. The molecule has 1 aliphatic heterocycles. The maximum atomic E-state index is 12.5. The number of nitrogens with two attached hydrogens (primary N) is 1. The Bertz CT molecular complexity index is 875. The molecule has 0 spiro atoms. The highest BCUT2D eigenvalue weighted by atomic mass is 16.2. The van der Waals surface area contributed by atoms with Crippen LogP contribution in [0.4, 0.5) is 0 Å². The number of hydrogen-bond donors (Lipinski definition) is 1. The number of aryl methyl sites for hydroxylation is 1. The molecule has 1 atom stereocenters. The Kier molecular flexibility index (Phi) is 4.65. The summed E-state index contributed by atoms with van der Waals surface area (Å²) < 4.78 is 1.16. The molecule has 0 aliphatic carbocycles. The van der Waals surface area contributed by atoms with Crippen LogP contribution < -0.4 is 11.3 Å². The highest BCUT2D eigenvalue weighted by molar-refractivity contribution is 5.93. The number of carbonyl (C=O) groups is 2. The predicted molar refractivity (Wildman–Crippen MR) is 92.2 cm³/mol. The van der Waals surface area contributed by atoms with Crippen LogP contribution in [0.1, 0.15) is 32.8 Å². The van der Waals surface area contributed by atoms with Crippen LogP contribution in [0, 0.1) is 5.92 Å². The fraction of sp³-hybridized carbons (Fsp3) is 0.333. The zero-order valence-electron chi connectivity index (χ0n) is 14.0. The third-order valence-corrected chi connectivity index (χ3v) is 4.49. The van der Waals surface area contributed by atoms with Gasteiger partial charge in [0.2, 0.25) is 5.91 Å². The second kappa shape index (κ2) is 6.88. The summed E-state index contributed by atoms with van der Waals surface area (Å²) >= 11 is 0. The van der Waals surface area contributed by atoms with Crippen molar-refractivity contribution in [1.82, 2.24) is 14.7 Å². The average molecular weight is 340 g/mol. The van der Waals surface area contributed by atoms with Crippen LogP contribution in [0.2, 0.25) is 0 Å². The van der Waals surface area contributed by atoms with Gasteiger partial charge in [0.05, 0.1) is 0 Å². The van der Waals surface area contributed by atoms with Crippen molar-refractivity contribution in [3.05, 3.63) is 63.6 Å². The number of likely N-dealkylation sites (tertiary alicyclic amines) is 1. The molecule has 1 fully saturated rings. The maximum Gasteiger partial charge on any atom is 0.274 e. The van der Waals surface area contributed by atoms with Crippen LogP contribution in [0.25, 0.3) is 0 Å². The van der Waals surface area contributed by atoms with E-state index in [1.54, 1.807) is 17.0 Å². The molecule has 2 amide bonds. The molecule has 0 saturated carbocycles. The highest BCUT2D eigenvalue weighted by Gasteiger charge is 2.28. The lowest BCUT2D eigenvalue weighted by Crippen LogP contribution is -2.32. The van der Waals surface area contributed by atoms with Crippen molar-refractivity contribution in [2.24, 2.45) is 18.7 Å². The van der Waals surface area contributed by atoms with Gasteiger partial charge in [-0.25, -0.2) is 4.68 Å². The Morgan fingerprint density at radius 3 is 2.80 bits per heavy atom. The van der Waals surface area contributed by atoms with Gasteiger partial charge in [-0.15, -0.1) is 0 Å². The zero-order chi connectivity index (χ0) is 18.0. The van der Waals surface area contributed by atoms with Crippen molar-refractivity contribution >= 4 is 11.8 Å². The molecule has 1 saturated heterocycles. The first-order valence-electron chi connectivity index (χ1n) is 8.16. The van der Waals surface area contributed by atoms with E-state index in [0.29, 0.717) is 24.6 Å². The van der Waals surface area contributed by atoms with E-state index in [-0.39, 0.29) is 17.2 Å². The van der Waals surface area contributed by atoms with Gasteiger partial charge in [-0.05, 0) is 42.5 Å². The molecule has 2 aromatic rings. The minimum Gasteiger partial charge on any atom is -0.366 e. The van der Waals surface area contributed by atoms with Crippen LogP contribution in [0.15, 0.2) is 41.2 Å². The third kappa shape index (κ3) is 3.76. The van der Waals surface area contributed by atoms with Crippen molar-refractivity contribution in [2.45, 2.75) is 12.8 Å². The Labute approximate surface area is 145 Å².